The van der Waals surface area contributed by atoms with Gasteiger partial charge in [-0.15, -0.1) is 0 Å². The fraction of sp³-hybridized carbons (Fsp3) is 0. The van der Waals surface area contributed by atoms with Crippen LogP contribution in [0.2, 0.25) is 0 Å². The molecule has 0 amide bonds. The van der Waals surface area contributed by atoms with Gasteiger partial charge in [-0.05, 0) is 12.1 Å². The molecule has 0 N–H and O–H groups in total. The Balaban J connectivity index is 0.000000461. The van der Waals surface area contributed by atoms with Crippen molar-refractivity contribution in [3.63, 3.8) is 0 Å². The van der Waals surface area contributed by atoms with E-state index < -0.39 is 0 Å². The summed E-state index contributed by atoms with van der Waals surface area (Å²) >= 11 is 10.8. The van der Waals surface area contributed by atoms with Crippen molar-refractivity contribution in [2.75, 3.05) is 3.94 Å². The number of nitrogens with zero attached hydrogens (tertiary/aromatic N) is 3. The zero-order chi connectivity index (χ0) is 8.69. The van der Waals surface area contributed by atoms with Crippen LogP contribution in [-0.2, 0) is 0 Å². The van der Waals surface area contributed by atoms with Crippen molar-refractivity contribution < 1.29 is 0 Å². The molecule has 1 aromatic rings. The smallest absolute Gasteiger partial charge is 0.0709 e. The Bertz CT molecular complexity index is 210. The summed E-state index contributed by atoms with van der Waals surface area (Å²) < 4.78 is 1.03. The van der Waals surface area contributed by atoms with E-state index in [9.17, 15) is 0 Å². The molecule has 5 heteroatoms. The highest BCUT2D eigenvalue weighted by Crippen LogP contribution is 2.16. The van der Waals surface area contributed by atoms with Crippen LogP contribution in [-0.4, -0.2) is 0 Å². The minimum atomic E-state index is 0.779. The third-order valence-corrected chi connectivity index (χ3v) is 1.34. The summed E-state index contributed by atoms with van der Waals surface area (Å²) in [6.45, 7) is 0. The molecule has 0 unspecified atom stereocenters. The van der Waals surface area contributed by atoms with E-state index >= 15 is 0 Å². The normalized spacial score (nSPS) is 7.64. The standard InChI is InChI=1S/C6H5Cl2N.N2/c7-9(8)6-4-2-1-3-5-6;1-2/h1-5H;. The Kier molecular flexibility index (Phi) is 5.26. The lowest BCUT2D eigenvalue weighted by Gasteiger charge is -2.02. The van der Waals surface area contributed by atoms with E-state index in [2.05, 4.69) is 0 Å². The number of hydrogen-bond acceptors (Lipinski definition) is 3. The topological polar surface area (TPSA) is 50.8 Å². The van der Waals surface area contributed by atoms with Crippen molar-refractivity contribution in [3.8, 4) is 0 Å². The first-order valence-electron chi connectivity index (χ1n) is 2.67. The van der Waals surface area contributed by atoms with Gasteiger partial charge in [-0.2, -0.15) is 3.94 Å². The molecule has 0 bridgehead atoms. The Hall–Kier alpha value is -0.980. The Morgan fingerprint density at radius 2 is 1.45 bits per heavy atom. The lowest BCUT2D eigenvalue weighted by atomic mass is 10.3. The third kappa shape index (κ3) is 3.66. The second-order valence-corrected chi connectivity index (χ2v) is 2.42. The molecule has 0 fully saturated rings. The number of benzene rings is 1. The van der Waals surface area contributed by atoms with Gasteiger partial charge in [0.05, 0.1) is 5.69 Å². The summed E-state index contributed by atoms with van der Waals surface area (Å²) in [5.41, 5.74) is 0.779. The van der Waals surface area contributed by atoms with E-state index in [1.165, 1.54) is 0 Å². The molecule has 58 valence electrons. The first-order chi connectivity index (χ1) is 5.30. The van der Waals surface area contributed by atoms with Crippen LogP contribution in [0.4, 0.5) is 5.69 Å². The van der Waals surface area contributed by atoms with Crippen molar-refractivity contribution in [3.05, 3.63) is 30.3 Å². The minimum Gasteiger partial charge on any atom is -0.194 e. The SMILES string of the molecule is ClN(Cl)c1ccccc1.N#N. The lowest BCUT2D eigenvalue weighted by molar-refractivity contribution is 1.15. The molecule has 0 radical (unpaired) electrons. The quantitative estimate of drug-likeness (QED) is 0.505. The number of halogens is 2. The molecule has 0 aliphatic carbocycles. The second kappa shape index (κ2) is 5.78. The van der Waals surface area contributed by atoms with E-state index in [0.717, 1.165) is 9.63 Å². The first-order valence-corrected chi connectivity index (χ1v) is 3.35. The molecule has 1 aromatic carbocycles. The molecule has 0 heterocycles. The van der Waals surface area contributed by atoms with Gasteiger partial charge < -0.3 is 0 Å². The Labute approximate surface area is 74.8 Å². The highest BCUT2D eigenvalue weighted by molar-refractivity contribution is 6.49. The highest BCUT2D eigenvalue weighted by atomic mass is 35.5. The van der Waals surface area contributed by atoms with Gasteiger partial charge in [-0.3, -0.25) is 0 Å². The summed E-state index contributed by atoms with van der Waals surface area (Å²) in [5, 5.41) is 12.0. The molecular formula is C6H5Cl2N3. The fourth-order valence-corrected chi connectivity index (χ4v) is 0.766. The van der Waals surface area contributed by atoms with Crippen molar-refractivity contribution in [2.45, 2.75) is 0 Å². The van der Waals surface area contributed by atoms with E-state index in [1.807, 2.05) is 30.3 Å². The van der Waals surface area contributed by atoms with Crippen LogP contribution < -0.4 is 3.94 Å². The average Bonchev–Trinajstić information content (AvgIpc) is 2.10. The number of anilines is 1. The first kappa shape index (κ1) is 10.0. The molecule has 0 aromatic heterocycles. The monoisotopic (exact) mass is 189 g/mol. The zero-order valence-corrected chi connectivity index (χ0v) is 7.00. The van der Waals surface area contributed by atoms with Gasteiger partial charge >= 0.3 is 0 Å². The third-order valence-electron chi connectivity index (χ3n) is 0.951. The molecule has 0 atom stereocenters. The molecule has 1 rings (SSSR count). The van der Waals surface area contributed by atoms with Crippen molar-refractivity contribution in [1.82, 2.24) is 0 Å². The van der Waals surface area contributed by atoms with Crippen LogP contribution in [0.5, 0.6) is 0 Å². The number of para-hydroxylation sites is 1. The van der Waals surface area contributed by atoms with Gasteiger partial charge in [-0.1, -0.05) is 18.2 Å². The van der Waals surface area contributed by atoms with Crippen molar-refractivity contribution in [2.24, 2.45) is 0 Å². The largest absolute Gasteiger partial charge is 0.194 e. The highest BCUT2D eigenvalue weighted by Gasteiger charge is 1.93. The minimum absolute atomic E-state index is 0.779. The Morgan fingerprint density at radius 3 is 1.73 bits per heavy atom. The number of hydrogen-bond donors (Lipinski definition) is 0. The Morgan fingerprint density at radius 1 is 1.00 bits per heavy atom. The van der Waals surface area contributed by atoms with Crippen LogP contribution in [0.3, 0.4) is 0 Å². The molecule has 0 saturated carbocycles. The summed E-state index contributed by atoms with van der Waals surface area (Å²) in [6.07, 6.45) is 0. The summed E-state index contributed by atoms with van der Waals surface area (Å²) in [5.74, 6) is 0. The van der Waals surface area contributed by atoms with Crippen molar-refractivity contribution >= 4 is 29.2 Å². The lowest BCUT2D eigenvalue weighted by Crippen LogP contribution is -1.89. The molecule has 0 saturated heterocycles. The maximum Gasteiger partial charge on any atom is 0.0709 e. The van der Waals surface area contributed by atoms with Crippen LogP contribution in [0.1, 0.15) is 0 Å². The molecule has 11 heavy (non-hydrogen) atoms. The molecular weight excluding hydrogens is 185 g/mol. The van der Waals surface area contributed by atoms with Gasteiger partial charge in [0.2, 0.25) is 0 Å². The maximum atomic E-state index is 6.00. The molecule has 0 aliphatic rings. The van der Waals surface area contributed by atoms with E-state index in [4.69, 9.17) is 34.3 Å². The van der Waals surface area contributed by atoms with Gasteiger partial charge in [0, 0.05) is 34.3 Å². The maximum absolute atomic E-state index is 6.00. The zero-order valence-electron chi connectivity index (χ0n) is 5.48. The van der Waals surface area contributed by atoms with Gasteiger partial charge in [0.15, 0.2) is 0 Å². The number of rotatable bonds is 1. The van der Waals surface area contributed by atoms with Crippen LogP contribution >= 0.6 is 23.6 Å². The fourth-order valence-electron chi connectivity index (χ4n) is 0.541. The van der Waals surface area contributed by atoms with E-state index in [-0.39, 0.29) is 0 Å². The van der Waals surface area contributed by atoms with Crippen molar-refractivity contribution in [1.29, 1.82) is 10.8 Å². The van der Waals surface area contributed by atoms with Crippen LogP contribution in [0.25, 0.3) is 0 Å². The summed E-state index contributed by atoms with van der Waals surface area (Å²) in [6, 6.07) is 9.28. The average molecular weight is 190 g/mol. The molecule has 0 aliphatic heterocycles. The van der Waals surface area contributed by atoms with Crippen LogP contribution in [0.15, 0.2) is 30.3 Å². The summed E-state index contributed by atoms with van der Waals surface area (Å²) in [4.78, 5) is 0. The van der Waals surface area contributed by atoms with Gasteiger partial charge in [-0.25, -0.2) is 0 Å². The van der Waals surface area contributed by atoms with E-state index in [0.29, 0.717) is 0 Å². The van der Waals surface area contributed by atoms with Gasteiger partial charge in [0.25, 0.3) is 0 Å². The predicted molar refractivity (Wildman–Crippen MR) is 44.1 cm³/mol. The van der Waals surface area contributed by atoms with Crippen LogP contribution in [0, 0.1) is 10.8 Å². The van der Waals surface area contributed by atoms with E-state index in [1.54, 1.807) is 0 Å². The predicted octanol–water partition coefficient (Wildman–Crippen LogP) is 2.83. The van der Waals surface area contributed by atoms with Gasteiger partial charge in [0.1, 0.15) is 0 Å². The molecule has 0 spiro atoms. The summed E-state index contributed by atoms with van der Waals surface area (Å²) in [7, 11) is 0. The molecule has 3 nitrogen and oxygen atoms in total. The second-order valence-electron chi connectivity index (χ2n) is 1.57.